The summed E-state index contributed by atoms with van der Waals surface area (Å²) in [5.74, 6) is 0.189. The first-order valence-corrected chi connectivity index (χ1v) is 8.63. The number of ether oxygens (including phenoxy) is 1. The molecule has 1 aromatic heterocycles. The molecule has 1 aromatic carbocycles. The van der Waals surface area contributed by atoms with Crippen molar-refractivity contribution in [1.29, 1.82) is 0 Å². The van der Waals surface area contributed by atoms with Crippen molar-refractivity contribution in [3.05, 3.63) is 65.2 Å². The van der Waals surface area contributed by atoms with Gasteiger partial charge in [-0.25, -0.2) is 4.39 Å². The minimum absolute atomic E-state index is 0.0437. The third-order valence-electron chi connectivity index (χ3n) is 4.69. The summed E-state index contributed by atoms with van der Waals surface area (Å²) in [4.78, 5) is 18.5. The van der Waals surface area contributed by atoms with E-state index in [2.05, 4.69) is 0 Å². The van der Waals surface area contributed by atoms with Gasteiger partial charge in [-0.15, -0.1) is 0 Å². The molecule has 1 aliphatic rings. The van der Waals surface area contributed by atoms with E-state index in [1.165, 1.54) is 13.2 Å². The first kappa shape index (κ1) is 17.5. The van der Waals surface area contributed by atoms with E-state index < -0.39 is 0 Å². The number of methoxy groups -OCH3 is 1. The topological polar surface area (TPSA) is 42.4 Å². The molecule has 1 aliphatic heterocycles. The second kappa shape index (κ2) is 8.21. The molecular weight excluding hydrogens is 319 g/mol. The summed E-state index contributed by atoms with van der Waals surface area (Å²) in [5.41, 5.74) is 2.57. The Kier molecular flexibility index (Phi) is 5.76. The van der Waals surface area contributed by atoms with Crippen LogP contribution >= 0.6 is 0 Å². The van der Waals surface area contributed by atoms with Crippen LogP contribution in [0.2, 0.25) is 0 Å². The molecule has 132 valence electrons. The number of carbonyl (C=O) groups excluding carboxylic acids is 1. The number of nitrogens with zero attached hydrogens (tertiary/aromatic N) is 2. The van der Waals surface area contributed by atoms with E-state index in [1.807, 2.05) is 29.2 Å². The van der Waals surface area contributed by atoms with Crippen LogP contribution in [0, 0.1) is 5.82 Å². The number of halogens is 1. The molecule has 0 unspecified atom stereocenters. The summed E-state index contributed by atoms with van der Waals surface area (Å²) in [7, 11) is 1.54. The van der Waals surface area contributed by atoms with E-state index in [0.717, 1.165) is 37.3 Å². The third-order valence-corrected chi connectivity index (χ3v) is 4.69. The second-order valence-corrected chi connectivity index (χ2v) is 6.41. The van der Waals surface area contributed by atoms with Crippen LogP contribution in [0.1, 0.15) is 35.7 Å². The van der Waals surface area contributed by atoms with E-state index in [9.17, 15) is 9.18 Å². The van der Waals surface area contributed by atoms with Crippen LogP contribution in [-0.2, 0) is 16.0 Å². The van der Waals surface area contributed by atoms with Crippen molar-refractivity contribution in [3.8, 4) is 0 Å². The maximum atomic E-state index is 13.8. The highest BCUT2D eigenvalue weighted by atomic mass is 19.1. The molecule has 0 bridgehead atoms. The van der Waals surface area contributed by atoms with E-state index in [-0.39, 0.29) is 18.3 Å². The van der Waals surface area contributed by atoms with Gasteiger partial charge < -0.3 is 9.64 Å². The van der Waals surface area contributed by atoms with E-state index in [1.54, 1.807) is 12.1 Å². The van der Waals surface area contributed by atoms with Crippen LogP contribution in [0.5, 0.6) is 0 Å². The lowest BCUT2D eigenvalue weighted by molar-refractivity contribution is -0.136. The van der Waals surface area contributed by atoms with E-state index >= 15 is 0 Å². The molecule has 0 saturated carbocycles. The van der Waals surface area contributed by atoms with Gasteiger partial charge in [-0.05, 0) is 36.6 Å². The molecule has 0 N–H and O–H groups in total. The number of amides is 1. The first-order chi connectivity index (χ1) is 12.2. The first-order valence-electron chi connectivity index (χ1n) is 8.63. The highest BCUT2D eigenvalue weighted by Gasteiger charge is 2.24. The maximum absolute atomic E-state index is 13.8. The number of benzene rings is 1. The Morgan fingerprint density at radius 2 is 1.96 bits per heavy atom. The minimum atomic E-state index is -0.195. The molecule has 5 heteroatoms. The predicted molar refractivity (Wildman–Crippen MR) is 93.9 cm³/mol. The molecule has 25 heavy (non-hydrogen) atoms. The van der Waals surface area contributed by atoms with Gasteiger partial charge in [-0.2, -0.15) is 0 Å². The average molecular weight is 342 g/mol. The van der Waals surface area contributed by atoms with Gasteiger partial charge in [-0.3, -0.25) is 9.78 Å². The quantitative estimate of drug-likeness (QED) is 0.838. The maximum Gasteiger partial charge on any atom is 0.248 e. The van der Waals surface area contributed by atoms with Crippen molar-refractivity contribution >= 4 is 5.91 Å². The molecule has 1 fully saturated rings. The molecule has 1 amide bonds. The SMILES string of the molecule is COCC(=O)N1CCC(c2cccc(Cc3ccccc3F)n2)CC1. The van der Waals surface area contributed by atoms with Crippen LogP contribution in [0.4, 0.5) is 4.39 Å². The number of piperidine rings is 1. The van der Waals surface area contributed by atoms with Crippen LogP contribution < -0.4 is 0 Å². The summed E-state index contributed by atoms with van der Waals surface area (Å²) in [6.07, 6.45) is 2.28. The lowest BCUT2D eigenvalue weighted by Crippen LogP contribution is -2.39. The predicted octanol–water partition coefficient (Wildman–Crippen LogP) is 3.16. The molecule has 0 atom stereocenters. The normalized spacial score (nSPS) is 15.4. The van der Waals surface area contributed by atoms with Crippen LogP contribution in [-0.4, -0.2) is 42.6 Å². The van der Waals surface area contributed by atoms with Gasteiger partial charge in [0.1, 0.15) is 12.4 Å². The van der Waals surface area contributed by atoms with Crippen molar-refractivity contribution < 1.29 is 13.9 Å². The second-order valence-electron chi connectivity index (χ2n) is 6.41. The Balaban J connectivity index is 1.64. The number of rotatable bonds is 5. The molecule has 2 aromatic rings. The van der Waals surface area contributed by atoms with Gasteiger partial charge in [0.25, 0.3) is 0 Å². The van der Waals surface area contributed by atoms with Gasteiger partial charge in [0.2, 0.25) is 5.91 Å². The number of pyridine rings is 1. The number of carbonyl (C=O) groups is 1. The molecule has 0 aliphatic carbocycles. The largest absolute Gasteiger partial charge is 0.375 e. The molecule has 0 spiro atoms. The number of aromatic nitrogens is 1. The Hall–Kier alpha value is -2.27. The molecule has 3 rings (SSSR count). The Labute approximate surface area is 147 Å². The summed E-state index contributed by atoms with van der Waals surface area (Å²) in [6, 6.07) is 12.8. The fourth-order valence-electron chi connectivity index (χ4n) is 3.30. The number of hydrogen-bond donors (Lipinski definition) is 0. The van der Waals surface area contributed by atoms with Gasteiger partial charge in [0, 0.05) is 43.9 Å². The molecule has 0 radical (unpaired) electrons. The fraction of sp³-hybridized carbons (Fsp3) is 0.400. The van der Waals surface area contributed by atoms with Crippen LogP contribution in [0.15, 0.2) is 42.5 Å². The van der Waals surface area contributed by atoms with E-state index in [0.29, 0.717) is 17.9 Å². The third kappa shape index (κ3) is 4.42. The Bertz CT molecular complexity index is 727. The molecule has 1 saturated heterocycles. The average Bonchev–Trinajstić information content (AvgIpc) is 2.64. The summed E-state index contributed by atoms with van der Waals surface area (Å²) in [6.45, 7) is 1.60. The molecule has 2 heterocycles. The zero-order chi connectivity index (χ0) is 17.6. The Morgan fingerprint density at radius 1 is 1.20 bits per heavy atom. The van der Waals surface area contributed by atoms with Crippen molar-refractivity contribution in [3.63, 3.8) is 0 Å². The summed E-state index contributed by atoms with van der Waals surface area (Å²) < 4.78 is 18.8. The molecule has 4 nitrogen and oxygen atoms in total. The highest BCUT2D eigenvalue weighted by molar-refractivity contribution is 5.77. The monoisotopic (exact) mass is 342 g/mol. The number of likely N-dealkylation sites (tertiary alicyclic amines) is 1. The van der Waals surface area contributed by atoms with Crippen LogP contribution in [0.25, 0.3) is 0 Å². The Morgan fingerprint density at radius 3 is 2.68 bits per heavy atom. The van der Waals surface area contributed by atoms with Gasteiger partial charge >= 0.3 is 0 Å². The standard InChI is InChI=1S/C20H23FN2O2/c1-25-14-20(24)23-11-9-15(10-12-23)19-8-4-6-17(22-19)13-16-5-2-3-7-18(16)21/h2-8,15H,9-14H2,1H3. The lowest BCUT2D eigenvalue weighted by atomic mass is 9.92. The number of hydrogen-bond acceptors (Lipinski definition) is 3. The zero-order valence-corrected chi connectivity index (χ0v) is 14.5. The van der Waals surface area contributed by atoms with Crippen LogP contribution in [0.3, 0.4) is 0 Å². The van der Waals surface area contributed by atoms with Gasteiger partial charge in [-0.1, -0.05) is 24.3 Å². The van der Waals surface area contributed by atoms with Crippen molar-refractivity contribution in [2.75, 3.05) is 26.8 Å². The molecular formula is C20H23FN2O2. The van der Waals surface area contributed by atoms with Crippen molar-refractivity contribution in [1.82, 2.24) is 9.88 Å². The van der Waals surface area contributed by atoms with E-state index in [4.69, 9.17) is 9.72 Å². The fourth-order valence-corrected chi connectivity index (χ4v) is 3.30. The lowest BCUT2D eigenvalue weighted by Gasteiger charge is -2.31. The summed E-state index contributed by atoms with van der Waals surface area (Å²) in [5, 5.41) is 0. The van der Waals surface area contributed by atoms with Crippen molar-refractivity contribution in [2.45, 2.75) is 25.2 Å². The zero-order valence-electron chi connectivity index (χ0n) is 14.5. The minimum Gasteiger partial charge on any atom is -0.375 e. The van der Waals surface area contributed by atoms with Gasteiger partial charge in [0.15, 0.2) is 0 Å². The highest BCUT2D eigenvalue weighted by Crippen LogP contribution is 2.27. The van der Waals surface area contributed by atoms with Gasteiger partial charge in [0.05, 0.1) is 0 Å². The van der Waals surface area contributed by atoms with Crippen molar-refractivity contribution in [2.24, 2.45) is 0 Å². The summed E-state index contributed by atoms with van der Waals surface area (Å²) >= 11 is 0. The smallest absolute Gasteiger partial charge is 0.248 e.